The number of nitrogen functional groups attached to an aromatic ring is 1. The fourth-order valence-corrected chi connectivity index (χ4v) is 2.53. The Balaban J connectivity index is 2.46. The molecule has 0 aliphatic heterocycles. The van der Waals surface area contributed by atoms with Crippen molar-refractivity contribution in [3.8, 4) is 0 Å². The van der Waals surface area contributed by atoms with E-state index < -0.39 is 0 Å². The van der Waals surface area contributed by atoms with Gasteiger partial charge >= 0.3 is 0 Å². The second kappa shape index (κ2) is 7.24. The summed E-state index contributed by atoms with van der Waals surface area (Å²) in [7, 11) is 3.43. The van der Waals surface area contributed by atoms with Crippen LogP contribution in [-0.4, -0.2) is 45.0 Å². The van der Waals surface area contributed by atoms with Crippen LogP contribution in [0.25, 0.3) is 10.9 Å². The first-order chi connectivity index (χ1) is 10.2. The molecule has 2 N–H and O–H groups in total. The molecule has 1 unspecified atom stereocenters. The summed E-state index contributed by atoms with van der Waals surface area (Å²) in [5, 5.41) is 1.05. The van der Waals surface area contributed by atoms with Crippen LogP contribution in [0.15, 0.2) is 30.5 Å². The summed E-state index contributed by atoms with van der Waals surface area (Å²) in [6, 6.07) is 8.16. The van der Waals surface area contributed by atoms with Crippen LogP contribution in [-0.2, 0) is 9.47 Å². The summed E-state index contributed by atoms with van der Waals surface area (Å²) in [5.41, 5.74) is 8.67. The van der Waals surface area contributed by atoms with Gasteiger partial charge in [-0.15, -0.1) is 0 Å². The Hall–Kier alpha value is -1.85. The normalized spacial score (nSPS) is 12.5. The maximum absolute atomic E-state index is 6.03. The third kappa shape index (κ3) is 3.43. The Morgan fingerprint density at radius 2 is 2.05 bits per heavy atom. The van der Waals surface area contributed by atoms with Crippen molar-refractivity contribution in [1.82, 2.24) is 4.98 Å². The third-order valence-corrected chi connectivity index (χ3v) is 3.56. The highest BCUT2D eigenvalue weighted by atomic mass is 16.5. The van der Waals surface area contributed by atoms with Crippen molar-refractivity contribution in [2.24, 2.45) is 0 Å². The maximum Gasteiger partial charge on any atom is 0.0951 e. The SMILES string of the molecule is COCCN(c1ccc(N)c2ncccc12)C(C)COC. The molecule has 0 spiro atoms. The van der Waals surface area contributed by atoms with E-state index in [1.807, 2.05) is 24.3 Å². The number of aromatic nitrogens is 1. The predicted octanol–water partition coefficient (Wildman–Crippen LogP) is 2.30. The van der Waals surface area contributed by atoms with E-state index in [1.165, 1.54) is 0 Å². The van der Waals surface area contributed by atoms with E-state index in [-0.39, 0.29) is 6.04 Å². The van der Waals surface area contributed by atoms with E-state index in [0.29, 0.717) is 18.9 Å². The van der Waals surface area contributed by atoms with Crippen LogP contribution in [0.1, 0.15) is 6.92 Å². The summed E-state index contributed by atoms with van der Waals surface area (Å²) >= 11 is 0. The molecule has 2 aromatic rings. The van der Waals surface area contributed by atoms with Gasteiger partial charge < -0.3 is 20.1 Å². The first kappa shape index (κ1) is 15.5. The standard InChI is InChI=1S/C16H23N3O2/c1-12(11-21-3)19(9-10-20-2)15-7-6-14(17)16-13(15)5-4-8-18-16/h4-8,12H,9-11,17H2,1-3H3. The van der Waals surface area contributed by atoms with Gasteiger partial charge in [0.05, 0.1) is 24.4 Å². The number of pyridine rings is 1. The lowest BCUT2D eigenvalue weighted by atomic mass is 10.1. The van der Waals surface area contributed by atoms with Crippen molar-refractivity contribution < 1.29 is 9.47 Å². The van der Waals surface area contributed by atoms with Gasteiger partial charge in [0.2, 0.25) is 0 Å². The zero-order chi connectivity index (χ0) is 15.2. The Bertz CT molecular complexity index is 589. The highest BCUT2D eigenvalue weighted by molar-refractivity contribution is 5.98. The largest absolute Gasteiger partial charge is 0.397 e. The molecule has 5 heteroatoms. The van der Waals surface area contributed by atoms with Gasteiger partial charge in [-0.3, -0.25) is 4.98 Å². The number of benzene rings is 1. The summed E-state index contributed by atoms with van der Waals surface area (Å²) in [5.74, 6) is 0. The van der Waals surface area contributed by atoms with Crippen molar-refractivity contribution in [3.05, 3.63) is 30.5 Å². The van der Waals surface area contributed by atoms with E-state index >= 15 is 0 Å². The Labute approximate surface area is 125 Å². The van der Waals surface area contributed by atoms with E-state index in [1.54, 1.807) is 20.4 Å². The summed E-state index contributed by atoms with van der Waals surface area (Å²) < 4.78 is 10.5. The van der Waals surface area contributed by atoms with E-state index in [0.717, 1.165) is 23.1 Å². The monoisotopic (exact) mass is 289 g/mol. The molecular formula is C16H23N3O2. The highest BCUT2D eigenvalue weighted by Gasteiger charge is 2.17. The molecule has 0 radical (unpaired) electrons. The molecule has 1 aromatic carbocycles. The number of anilines is 2. The minimum absolute atomic E-state index is 0.234. The molecule has 0 aliphatic carbocycles. The van der Waals surface area contributed by atoms with Gasteiger partial charge in [0, 0.05) is 44.1 Å². The van der Waals surface area contributed by atoms with Gasteiger partial charge in [0.25, 0.3) is 0 Å². The lowest BCUT2D eigenvalue weighted by Gasteiger charge is -2.31. The summed E-state index contributed by atoms with van der Waals surface area (Å²) in [6.07, 6.45) is 1.76. The average Bonchev–Trinajstić information content (AvgIpc) is 2.50. The molecule has 1 heterocycles. The minimum Gasteiger partial charge on any atom is -0.397 e. The van der Waals surface area contributed by atoms with E-state index in [9.17, 15) is 0 Å². The quantitative estimate of drug-likeness (QED) is 0.793. The first-order valence-electron chi connectivity index (χ1n) is 7.06. The van der Waals surface area contributed by atoms with Crippen LogP contribution in [0.5, 0.6) is 0 Å². The van der Waals surface area contributed by atoms with Crippen molar-refractivity contribution in [3.63, 3.8) is 0 Å². The fraction of sp³-hybridized carbons (Fsp3) is 0.438. The fourth-order valence-electron chi connectivity index (χ4n) is 2.53. The van der Waals surface area contributed by atoms with Crippen LogP contribution >= 0.6 is 0 Å². The van der Waals surface area contributed by atoms with Crippen LogP contribution in [0, 0.1) is 0 Å². The van der Waals surface area contributed by atoms with Crippen molar-refractivity contribution >= 4 is 22.3 Å². The molecule has 0 fully saturated rings. The van der Waals surface area contributed by atoms with E-state index in [4.69, 9.17) is 15.2 Å². The molecule has 2 rings (SSSR count). The first-order valence-corrected chi connectivity index (χ1v) is 7.06. The molecule has 0 amide bonds. The molecule has 5 nitrogen and oxygen atoms in total. The van der Waals surface area contributed by atoms with Crippen molar-refractivity contribution in [2.75, 3.05) is 44.6 Å². The number of hydrogen-bond donors (Lipinski definition) is 1. The van der Waals surface area contributed by atoms with Gasteiger partial charge in [0.1, 0.15) is 0 Å². The van der Waals surface area contributed by atoms with Gasteiger partial charge in [-0.2, -0.15) is 0 Å². The summed E-state index contributed by atoms with van der Waals surface area (Å²) in [4.78, 5) is 6.67. The molecule has 21 heavy (non-hydrogen) atoms. The minimum atomic E-state index is 0.234. The van der Waals surface area contributed by atoms with Crippen LogP contribution in [0.3, 0.4) is 0 Å². The number of ether oxygens (including phenoxy) is 2. The molecular weight excluding hydrogens is 266 g/mol. The number of rotatable bonds is 7. The van der Waals surface area contributed by atoms with Crippen LogP contribution in [0.2, 0.25) is 0 Å². The second-order valence-electron chi connectivity index (χ2n) is 5.06. The number of nitrogens with two attached hydrogens (primary N) is 1. The maximum atomic E-state index is 6.03. The molecule has 0 saturated heterocycles. The van der Waals surface area contributed by atoms with Crippen molar-refractivity contribution in [1.29, 1.82) is 0 Å². The summed E-state index contributed by atoms with van der Waals surface area (Å²) in [6.45, 7) is 4.22. The van der Waals surface area contributed by atoms with Crippen LogP contribution in [0.4, 0.5) is 11.4 Å². The van der Waals surface area contributed by atoms with Crippen molar-refractivity contribution in [2.45, 2.75) is 13.0 Å². The number of hydrogen-bond acceptors (Lipinski definition) is 5. The Morgan fingerprint density at radius 1 is 1.24 bits per heavy atom. The number of fused-ring (bicyclic) bond motifs is 1. The van der Waals surface area contributed by atoms with Gasteiger partial charge in [0.15, 0.2) is 0 Å². The van der Waals surface area contributed by atoms with Gasteiger partial charge in [-0.05, 0) is 31.2 Å². The Kier molecular flexibility index (Phi) is 5.36. The third-order valence-electron chi connectivity index (χ3n) is 3.56. The molecule has 0 bridgehead atoms. The number of methoxy groups -OCH3 is 2. The highest BCUT2D eigenvalue weighted by Crippen LogP contribution is 2.30. The zero-order valence-corrected chi connectivity index (χ0v) is 12.9. The molecule has 0 saturated carbocycles. The predicted molar refractivity (Wildman–Crippen MR) is 86.7 cm³/mol. The molecule has 1 atom stereocenters. The van der Waals surface area contributed by atoms with Gasteiger partial charge in [-0.1, -0.05) is 0 Å². The van der Waals surface area contributed by atoms with E-state index in [2.05, 4.69) is 16.8 Å². The smallest absolute Gasteiger partial charge is 0.0951 e. The molecule has 114 valence electrons. The zero-order valence-electron chi connectivity index (χ0n) is 12.9. The topological polar surface area (TPSA) is 60.6 Å². The molecule has 0 aliphatic rings. The van der Waals surface area contributed by atoms with Gasteiger partial charge in [-0.25, -0.2) is 0 Å². The lowest BCUT2D eigenvalue weighted by Crippen LogP contribution is -2.38. The second-order valence-corrected chi connectivity index (χ2v) is 5.06. The Morgan fingerprint density at radius 3 is 2.76 bits per heavy atom. The molecule has 1 aromatic heterocycles. The lowest BCUT2D eigenvalue weighted by molar-refractivity contribution is 0.171. The van der Waals surface area contributed by atoms with Crippen LogP contribution < -0.4 is 10.6 Å². The number of nitrogens with zero attached hydrogens (tertiary/aromatic N) is 2. The average molecular weight is 289 g/mol.